The predicted octanol–water partition coefficient (Wildman–Crippen LogP) is 6.46. The Balaban J connectivity index is 1.54. The Hall–Kier alpha value is -3.08. The lowest BCUT2D eigenvalue weighted by atomic mass is 9.86. The molecule has 0 aliphatic carbocycles. The topological polar surface area (TPSA) is 92.1 Å². The molecule has 2 heterocycles. The first-order valence-electron chi connectivity index (χ1n) is 13.6. The molecular formula is C31H33Cl2N3O5S. The van der Waals surface area contributed by atoms with Crippen LogP contribution < -0.4 is 4.31 Å². The van der Waals surface area contributed by atoms with Crippen molar-refractivity contribution in [3.05, 3.63) is 88.5 Å². The first kappa shape index (κ1) is 30.4. The summed E-state index contributed by atoms with van der Waals surface area (Å²) in [7, 11) is -4.39. The number of carbonyl (C=O) groups is 1. The van der Waals surface area contributed by atoms with Crippen molar-refractivity contribution in [2.24, 2.45) is 5.41 Å². The van der Waals surface area contributed by atoms with Crippen molar-refractivity contribution in [3.63, 3.8) is 0 Å². The van der Waals surface area contributed by atoms with E-state index in [2.05, 4.69) is 29.2 Å². The molecule has 1 aliphatic heterocycles. The van der Waals surface area contributed by atoms with Crippen molar-refractivity contribution >= 4 is 55.8 Å². The van der Waals surface area contributed by atoms with Gasteiger partial charge in [0.25, 0.3) is 10.0 Å². The number of hydrogen-bond donors (Lipinski definition) is 1. The highest BCUT2D eigenvalue weighted by molar-refractivity contribution is 7.93. The number of aromatic nitrogens is 1. The van der Waals surface area contributed by atoms with Crippen LogP contribution in [0, 0.1) is 5.41 Å². The molecule has 8 nitrogen and oxygen atoms in total. The third-order valence-corrected chi connectivity index (χ3v) is 9.54. The van der Waals surface area contributed by atoms with Crippen LogP contribution in [0.3, 0.4) is 0 Å². The maximum Gasteiger partial charge on any atom is 0.328 e. The van der Waals surface area contributed by atoms with E-state index in [9.17, 15) is 18.3 Å². The standard InChI is InChI=1S/C31H33Cl2N3O5S/c1-31(2,3)29(30(37)38)36(42(39,40)27-18-23(32)17-24(33)19-27)26-8-9-28-22(16-26)10-11-35(28)25-6-4-21(5-7-25)20-34-12-14-41-15-13-34/h4-11,16-19,29H,12-15,20H2,1-3H3,(H,37,38). The van der Waals surface area contributed by atoms with E-state index in [4.69, 9.17) is 27.9 Å². The van der Waals surface area contributed by atoms with E-state index in [1.54, 1.807) is 39.0 Å². The Kier molecular flexibility index (Phi) is 8.60. The first-order chi connectivity index (χ1) is 19.8. The first-order valence-corrected chi connectivity index (χ1v) is 15.8. The van der Waals surface area contributed by atoms with Gasteiger partial charge in [-0.15, -0.1) is 0 Å². The average molecular weight is 631 g/mol. The number of aliphatic carboxylic acids is 1. The van der Waals surface area contributed by atoms with Crippen LogP contribution in [0.5, 0.6) is 0 Å². The van der Waals surface area contributed by atoms with Crippen LogP contribution in [0.1, 0.15) is 26.3 Å². The number of hydrogen-bond acceptors (Lipinski definition) is 5. The summed E-state index contributed by atoms with van der Waals surface area (Å²) in [4.78, 5) is 14.8. The number of rotatable bonds is 8. The van der Waals surface area contributed by atoms with Gasteiger partial charge in [-0.1, -0.05) is 56.1 Å². The van der Waals surface area contributed by atoms with Gasteiger partial charge in [0.15, 0.2) is 0 Å². The Morgan fingerprint density at radius 1 is 0.976 bits per heavy atom. The van der Waals surface area contributed by atoms with Gasteiger partial charge < -0.3 is 14.4 Å². The second-order valence-corrected chi connectivity index (χ2v) is 14.2. The molecule has 1 aliphatic rings. The fourth-order valence-electron chi connectivity index (χ4n) is 5.31. The van der Waals surface area contributed by atoms with Gasteiger partial charge in [0.05, 0.1) is 29.3 Å². The number of sulfonamides is 1. The molecule has 11 heteroatoms. The molecule has 0 saturated carbocycles. The average Bonchev–Trinajstić information content (AvgIpc) is 3.34. The van der Waals surface area contributed by atoms with Crippen molar-refractivity contribution in [1.29, 1.82) is 0 Å². The maximum atomic E-state index is 14.1. The smallest absolute Gasteiger partial charge is 0.328 e. The molecule has 0 amide bonds. The van der Waals surface area contributed by atoms with Gasteiger partial charge in [0.2, 0.25) is 0 Å². The highest BCUT2D eigenvalue weighted by atomic mass is 35.5. The summed E-state index contributed by atoms with van der Waals surface area (Å²) in [5.74, 6) is -1.27. The molecule has 5 rings (SSSR count). The van der Waals surface area contributed by atoms with Gasteiger partial charge in [-0.25, -0.2) is 13.2 Å². The van der Waals surface area contributed by atoms with Gasteiger partial charge in [-0.2, -0.15) is 0 Å². The van der Waals surface area contributed by atoms with Crippen molar-refractivity contribution in [2.45, 2.75) is 38.3 Å². The molecule has 0 bridgehead atoms. The zero-order valence-electron chi connectivity index (χ0n) is 23.6. The van der Waals surface area contributed by atoms with E-state index in [1.807, 2.05) is 16.8 Å². The molecule has 1 N–H and O–H groups in total. The molecule has 4 aromatic rings. The van der Waals surface area contributed by atoms with Crippen LogP contribution in [-0.2, 0) is 26.1 Å². The van der Waals surface area contributed by atoms with E-state index in [-0.39, 0.29) is 20.6 Å². The number of halogens is 2. The highest BCUT2D eigenvalue weighted by Crippen LogP contribution is 2.37. The summed E-state index contributed by atoms with van der Waals surface area (Å²) in [6.07, 6.45) is 1.92. The number of morpholine rings is 1. The lowest BCUT2D eigenvalue weighted by molar-refractivity contribution is -0.140. The lowest BCUT2D eigenvalue weighted by Crippen LogP contribution is -2.52. The minimum absolute atomic E-state index is 0.132. The highest BCUT2D eigenvalue weighted by Gasteiger charge is 2.43. The SMILES string of the molecule is CC(C)(C)C(C(=O)O)N(c1ccc2c(ccn2-c2ccc(CN3CCOCC3)cc2)c1)S(=O)(=O)c1cc(Cl)cc(Cl)c1. The summed E-state index contributed by atoms with van der Waals surface area (Å²) in [5, 5.41) is 11.3. The van der Waals surface area contributed by atoms with Crippen LogP contribution in [0.15, 0.2) is 77.8 Å². The van der Waals surface area contributed by atoms with Crippen LogP contribution >= 0.6 is 23.2 Å². The third kappa shape index (κ3) is 6.31. The number of nitrogens with zero attached hydrogens (tertiary/aromatic N) is 3. The number of fused-ring (bicyclic) bond motifs is 1. The summed E-state index contributed by atoms with van der Waals surface area (Å²) in [6, 6.07) is 17.9. The van der Waals surface area contributed by atoms with E-state index in [1.165, 1.54) is 23.8 Å². The largest absolute Gasteiger partial charge is 0.480 e. The quantitative estimate of drug-likeness (QED) is 0.240. The summed E-state index contributed by atoms with van der Waals surface area (Å²) >= 11 is 12.3. The number of benzene rings is 3. The van der Waals surface area contributed by atoms with E-state index in [0.717, 1.165) is 53.7 Å². The number of carboxylic acid groups (broad SMARTS) is 1. The maximum absolute atomic E-state index is 14.1. The number of anilines is 1. The minimum atomic E-state index is -4.39. The molecule has 42 heavy (non-hydrogen) atoms. The van der Waals surface area contributed by atoms with Gasteiger partial charge in [-0.05, 0) is 65.6 Å². The molecule has 1 fully saturated rings. The second kappa shape index (κ2) is 11.9. The Morgan fingerprint density at radius 3 is 2.21 bits per heavy atom. The van der Waals surface area contributed by atoms with E-state index >= 15 is 0 Å². The normalized spacial score (nSPS) is 15.5. The third-order valence-electron chi connectivity index (χ3n) is 7.33. The molecule has 1 atom stereocenters. The van der Waals surface area contributed by atoms with Crippen molar-refractivity contribution < 1.29 is 23.1 Å². The van der Waals surface area contributed by atoms with Crippen LogP contribution in [0.4, 0.5) is 5.69 Å². The molecule has 3 aromatic carbocycles. The Labute approximate surface area is 256 Å². The predicted molar refractivity (Wildman–Crippen MR) is 166 cm³/mol. The van der Waals surface area contributed by atoms with Crippen LogP contribution in [0.2, 0.25) is 10.0 Å². The fraction of sp³-hybridized carbons (Fsp3) is 0.323. The van der Waals surface area contributed by atoms with E-state index < -0.39 is 27.4 Å². The summed E-state index contributed by atoms with van der Waals surface area (Å²) < 4.78 is 36.6. The van der Waals surface area contributed by atoms with Gasteiger partial charge >= 0.3 is 5.97 Å². The van der Waals surface area contributed by atoms with Crippen molar-refractivity contribution in [3.8, 4) is 5.69 Å². The molecule has 1 aromatic heterocycles. The molecule has 1 saturated heterocycles. The minimum Gasteiger partial charge on any atom is -0.480 e. The van der Waals surface area contributed by atoms with Crippen LogP contribution in [0.25, 0.3) is 16.6 Å². The summed E-state index contributed by atoms with van der Waals surface area (Å²) in [6.45, 7) is 9.28. The number of ether oxygens (including phenoxy) is 1. The number of carboxylic acids is 1. The van der Waals surface area contributed by atoms with Crippen molar-refractivity contribution in [2.75, 3.05) is 30.6 Å². The Morgan fingerprint density at radius 2 is 1.62 bits per heavy atom. The zero-order chi connectivity index (χ0) is 30.2. The van der Waals surface area contributed by atoms with E-state index in [0.29, 0.717) is 0 Å². The van der Waals surface area contributed by atoms with Gasteiger partial charge in [0, 0.05) is 46.9 Å². The molecule has 1 unspecified atom stereocenters. The lowest BCUT2D eigenvalue weighted by Gasteiger charge is -2.37. The second-order valence-electron chi connectivity index (χ2n) is 11.5. The summed E-state index contributed by atoms with van der Waals surface area (Å²) in [5.41, 5.74) is 2.29. The molecule has 222 valence electrons. The Bertz CT molecular complexity index is 1690. The zero-order valence-corrected chi connectivity index (χ0v) is 26.0. The molecular weight excluding hydrogens is 597 g/mol. The fourth-order valence-corrected chi connectivity index (χ4v) is 7.82. The van der Waals surface area contributed by atoms with Gasteiger partial charge in [0.1, 0.15) is 6.04 Å². The van der Waals surface area contributed by atoms with Gasteiger partial charge in [-0.3, -0.25) is 9.21 Å². The molecule has 0 radical (unpaired) electrons. The van der Waals surface area contributed by atoms with Crippen LogP contribution in [-0.4, -0.2) is 61.3 Å². The monoisotopic (exact) mass is 629 g/mol. The van der Waals surface area contributed by atoms with Crippen molar-refractivity contribution in [1.82, 2.24) is 9.47 Å². The molecule has 0 spiro atoms.